The van der Waals surface area contributed by atoms with Gasteiger partial charge in [-0.1, -0.05) is 20.4 Å². The number of rotatable bonds is 6. The number of nitrogens with zero attached hydrogens (tertiary/aromatic N) is 1. The van der Waals surface area contributed by atoms with Crippen molar-refractivity contribution in [3.05, 3.63) is 12.7 Å². The van der Waals surface area contributed by atoms with Gasteiger partial charge in [-0.3, -0.25) is 0 Å². The number of aliphatic carboxylic acids is 1. The molecule has 0 amide bonds. The van der Waals surface area contributed by atoms with E-state index in [0.717, 1.165) is 38.7 Å². The van der Waals surface area contributed by atoms with Crippen LogP contribution in [-0.2, 0) is 4.79 Å². The maximum Gasteiger partial charge on any atom is 0.327 e. The molecule has 3 N–H and O–H groups in total. The zero-order chi connectivity index (χ0) is 11.4. The molecule has 0 heterocycles. The predicted molar refractivity (Wildman–Crippen MR) is 59.3 cm³/mol. The fourth-order valence-corrected chi connectivity index (χ4v) is 0.855. The Morgan fingerprint density at radius 3 is 2.14 bits per heavy atom. The van der Waals surface area contributed by atoms with Crippen LogP contribution in [0.1, 0.15) is 20.3 Å². The summed E-state index contributed by atoms with van der Waals surface area (Å²) in [7, 11) is 0. The lowest BCUT2D eigenvalue weighted by atomic mass is 10.4. The maximum atomic E-state index is 9.25. The monoisotopic (exact) mass is 202 g/mol. The van der Waals surface area contributed by atoms with Gasteiger partial charge in [0.05, 0.1) is 0 Å². The van der Waals surface area contributed by atoms with Crippen molar-refractivity contribution in [3.8, 4) is 0 Å². The summed E-state index contributed by atoms with van der Waals surface area (Å²) in [6.45, 7) is 11.6. The Morgan fingerprint density at radius 1 is 1.50 bits per heavy atom. The number of carboxylic acids is 1. The van der Waals surface area contributed by atoms with Crippen LogP contribution in [0.2, 0.25) is 0 Å². The maximum absolute atomic E-state index is 9.25. The van der Waals surface area contributed by atoms with Crippen molar-refractivity contribution in [3.63, 3.8) is 0 Å². The van der Waals surface area contributed by atoms with Crippen molar-refractivity contribution < 1.29 is 9.90 Å². The van der Waals surface area contributed by atoms with Crippen molar-refractivity contribution in [2.75, 3.05) is 26.2 Å². The molecule has 0 saturated heterocycles. The van der Waals surface area contributed by atoms with E-state index in [-0.39, 0.29) is 0 Å². The molecule has 4 nitrogen and oxygen atoms in total. The predicted octanol–water partition coefficient (Wildman–Crippen LogP) is 0.934. The van der Waals surface area contributed by atoms with Gasteiger partial charge in [0, 0.05) is 6.08 Å². The van der Waals surface area contributed by atoms with Gasteiger partial charge >= 0.3 is 5.97 Å². The summed E-state index contributed by atoms with van der Waals surface area (Å²) in [4.78, 5) is 11.6. The summed E-state index contributed by atoms with van der Waals surface area (Å²) < 4.78 is 0. The van der Waals surface area contributed by atoms with E-state index in [4.69, 9.17) is 10.8 Å². The molecular formula is C10H22N2O2. The minimum Gasteiger partial charge on any atom is -0.478 e. The van der Waals surface area contributed by atoms with Gasteiger partial charge < -0.3 is 15.7 Å². The van der Waals surface area contributed by atoms with Crippen molar-refractivity contribution in [1.29, 1.82) is 0 Å². The largest absolute Gasteiger partial charge is 0.478 e. The van der Waals surface area contributed by atoms with Crippen LogP contribution in [0.15, 0.2) is 12.7 Å². The number of carbonyl (C=O) groups is 1. The molecule has 0 saturated carbocycles. The first kappa shape index (κ1) is 15.6. The van der Waals surface area contributed by atoms with E-state index in [1.54, 1.807) is 0 Å². The molecular weight excluding hydrogens is 180 g/mol. The fraction of sp³-hybridized carbons (Fsp3) is 0.700. The van der Waals surface area contributed by atoms with Gasteiger partial charge in [-0.25, -0.2) is 4.79 Å². The molecule has 0 fully saturated rings. The third-order valence-corrected chi connectivity index (χ3v) is 1.75. The molecule has 0 aromatic rings. The minimum atomic E-state index is -0.981. The number of hydrogen-bond donors (Lipinski definition) is 2. The Morgan fingerprint density at radius 2 is 1.93 bits per heavy atom. The lowest BCUT2D eigenvalue weighted by Crippen LogP contribution is -2.25. The highest BCUT2D eigenvalue weighted by Crippen LogP contribution is 1.87. The topological polar surface area (TPSA) is 66.6 Å². The Hall–Kier alpha value is -0.870. The van der Waals surface area contributed by atoms with Crippen molar-refractivity contribution in [1.82, 2.24) is 4.90 Å². The van der Waals surface area contributed by atoms with Crippen molar-refractivity contribution >= 4 is 5.97 Å². The molecule has 0 aromatic carbocycles. The van der Waals surface area contributed by atoms with Crippen LogP contribution in [0.5, 0.6) is 0 Å². The summed E-state index contributed by atoms with van der Waals surface area (Å²) in [5.41, 5.74) is 5.36. The average molecular weight is 202 g/mol. The van der Waals surface area contributed by atoms with Crippen LogP contribution in [-0.4, -0.2) is 42.2 Å². The molecule has 0 aromatic heterocycles. The molecule has 0 radical (unpaired) electrons. The Bertz CT molecular complexity index is 145. The SMILES string of the molecule is C=CC(=O)O.CCN(CC)CCCN. The zero-order valence-corrected chi connectivity index (χ0v) is 9.20. The lowest BCUT2D eigenvalue weighted by Gasteiger charge is -2.16. The van der Waals surface area contributed by atoms with Gasteiger partial charge in [0.2, 0.25) is 0 Å². The quantitative estimate of drug-likeness (QED) is 0.629. The average Bonchev–Trinajstić information content (AvgIpc) is 2.20. The molecule has 4 heteroatoms. The van der Waals surface area contributed by atoms with E-state index in [0.29, 0.717) is 0 Å². The highest BCUT2D eigenvalue weighted by molar-refractivity contribution is 5.78. The highest BCUT2D eigenvalue weighted by Gasteiger charge is 1.94. The second-order valence-electron chi connectivity index (χ2n) is 2.71. The molecule has 14 heavy (non-hydrogen) atoms. The summed E-state index contributed by atoms with van der Waals surface area (Å²) in [6, 6.07) is 0. The number of hydrogen-bond acceptors (Lipinski definition) is 3. The van der Waals surface area contributed by atoms with Crippen LogP contribution in [0, 0.1) is 0 Å². The van der Waals surface area contributed by atoms with Gasteiger partial charge in [-0.2, -0.15) is 0 Å². The standard InChI is InChI=1S/C7H18N2.C3H4O2/c1-3-9(4-2)7-5-6-8;1-2-3(4)5/h3-8H2,1-2H3;2H,1H2,(H,4,5). The van der Waals surface area contributed by atoms with Gasteiger partial charge in [-0.05, 0) is 32.6 Å². The molecule has 0 aliphatic rings. The van der Waals surface area contributed by atoms with Crippen LogP contribution in [0.4, 0.5) is 0 Å². The van der Waals surface area contributed by atoms with Gasteiger partial charge in [0.1, 0.15) is 0 Å². The molecule has 0 aliphatic heterocycles. The molecule has 0 rings (SSSR count). The first-order chi connectivity index (χ1) is 6.62. The number of carboxylic acid groups (broad SMARTS) is 1. The smallest absolute Gasteiger partial charge is 0.327 e. The Labute approximate surface area is 86.4 Å². The molecule has 0 spiro atoms. The summed E-state index contributed by atoms with van der Waals surface area (Å²) in [5, 5.41) is 7.60. The molecule has 0 aliphatic carbocycles. The molecule has 0 atom stereocenters. The fourth-order valence-electron chi connectivity index (χ4n) is 0.855. The first-order valence-electron chi connectivity index (χ1n) is 4.90. The lowest BCUT2D eigenvalue weighted by molar-refractivity contribution is -0.131. The van der Waals surface area contributed by atoms with Crippen molar-refractivity contribution in [2.24, 2.45) is 5.73 Å². The van der Waals surface area contributed by atoms with E-state index in [1.807, 2.05) is 0 Å². The number of nitrogens with two attached hydrogens (primary N) is 1. The second-order valence-corrected chi connectivity index (χ2v) is 2.71. The normalized spacial score (nSPS) is 9.14. The van der Waals surface area contributed by atoms with E-state index in [1.165, 1.54) is 0 Å². The Kier molecular flexibility index (Phi) is 13.5. The van der Waals surface area contributed by atoms with E-state index in [9.17, 15) is 4.79 Å². The third kappa shape index (κ3) is 13.7. The molecule has 84 valence electrons. The summed E-state index contributed by atoms with van der Waals surface area (Å²) in [5.74, 6) is -0.981. The minimum absolute atomic E-state index is 0.816. The van der Waals surface area contributed by atoms with E-state index in [2.05, 4.69) is 25.3 Å². The summed E-state index contributed by atoms with van der Waals surface area (Å²) in [6.07, 6.45) is 1.96. The second kappa shape index (κ2) is 12.1. The molecule has 0 bridgehead atoms. The van der Waals surface area contributed by atoms with Crippen LogP contribution in [0.25, 0.3) is 0 Å². The summed E-state index contributed by atoms with van der Waals surface area (Å²) >= 11 is 0. The van der Waals surface area contributed by atoms with E-state index >= 15 is 0 Å². The zero-order valence-electron chi connectivity index (χ0n) is 9.20. The van der Waals surface area contributed by atoms with Gasteiger partial charge in [0.25, 0.3) is 0 Å². The van der Waals surface area contributed by atoms with Gasteiger partial charge in [-0.15, -0.1) is 0 Å². The third-order valence-electron chi connectivity index (χ3n) is 1.75. The van der Waals surface area contributed by atoms with Crippen molar-refractivity contribution in [2.45, 2.75) is 20.3 Å². The molecule has 0 unspecified atom stereocenters. The van der Waals surface area contributed by atoms with Crippen LogP contribution < -0.4 is 5.73 Å². The van der Waals surface area contributed by atoms with Gasteiger partial charge in [0.15, 0.2) is 0 Å². The highest BCUT2D eigenvalue weighted by atomic mass is 16.4. The first-order valence-corrected chi connectivity index (χ1v) is 4.90. The van der Waals surface area contributed by atoms with Crippen LogP contribution >= 0.6 is 0 Å². The Balaban J connectivity index is 0. The van der Waals surface area contributed by atoms with Crippen LogP contribution in [0.3, 0.4) is 0 Å². The van der Waals surface area contributed by atoms with E-state index < -0.39 is 5.97 Å².